The third-order valence-corrected chi connectivity index (χ3v) is 5.51. The normalized spacial score (nSPS) is 11.5. The standard InChI is InChI=1S/C13H17N3O2S2/c1-3-14-8-11-13(10(2)9-19-11)20(17,18)16-12-6-4-5-7-15-12/h4-7,9,14H,3,8H2,1-2H3,(H,15,16). The van der Waals surface area contributed by atoms with Crippen LogP contribution in [0.1, 0.15) is 17.4 Å². The number of rotatable bonds is 6. The van der Waals surface area contributed by atoms with E-state index in [4.69, 9.17) is 0 Å². The third-order valence-electron chi connectivity index (χ3n) is 2.70. The van der Waals surface area contributed by atoms with Gasteiger partial charge >= 0.3 is 0 Å². The van der Waals surface area contributed by atoms with E-state index in [2.05, 4.69) is 15.0 Å². The number of anilines is 1. The van der Waals surface area contributed by atoms with Gasteiger partial charge in [0.15, 0.2) is 0 Å². The summed E-state index contributed by atoms with van der Waals surface area (Å²) in [4.78, 5) is 5.16. The SMILES string of the molecule is CCNCc1scc(C)c1S(=O)(=O)Nc1ccccn1. The summed E-state index contributed by atoms with van der Waals surface area (Å²) in [5.41, 5.74) is 0.756. The van der Waals surface area contributed by atoms with Gasteiger partial charge in [0.05, 0.1) is 0 Å². The zero-order valence-electron chi connectivity index (χ0n) is 11.4. The molecule has 0 radical (unpaired) electrons. The van der Waals surface area contributed by atoms with Crippen molar-refractivity contribution in [3.8, 4) is 0 Å². The molecule has 20 heavy (non-hydrogen) atoms. The topological polar surface area (TPSA) is 71.1 Å². The Balaban J connectivity index is 2.32. The molecule has 0 aliphatic rings. The number of sulfonamides is 1. The molecule has 0 aliphatic heterocycles. The van der Waals surface area contributed by atoms with Gasteiger partial charge in [-0.3, -0.25) is 4.72 Å². The van der Waals surface area contributed by atoms with E-state index >= 15 is 0 Å². The van der Waals surface area contributed by atoms with E-state index in [1.54, 1.807) is 31.3 Å². The lowest BCUT2D eigenvalue weighted by molar-refractivity contribution is 0.598. The largest absolute Gasteiger partial charge is 0.312 e. The van der Waals surface area contributed by atoms with Gasteiger partial charge in [0.1, 0.15) is 10.7 Å². The Hall–Kier alpha value is -1.44. The molecule has 0 saturated carbocycles. The predicted octanol–water partition coefficient (Wildman–Crippen LogP) is 2.36. The highest BCUT2D eigenvalue weighted by Crippen LogP contribution is 2.28. The maximum Gasteiger partial charge on any atom is 0.264 e. The molecule has 108 valence electrons. The van der Waals surface area contributed by atoms with E-state index in [0.717, 1.165) is 17.0 Å². The van der Waals surface area contributed by atoms with E-state index in [9.17, 15) is 8.42 Å². The van der Waals surface area contributed by atoms with Crippen LogP contribution in [0.15, 0.2) is 34.7 Å². The number of hydrogen-bond acceptors (Lipinski definition) is 5. The zero-order valence-corrected chi connectivity index (χ0v) is 13.0. The van der Waals surface area contributed by atoms with Gasteiger partial charge in [-0.25, -0.2) is 13.4 Å². The van der Waals surface area contributed by atoms with Crippen molar-refractivity contribution in [3.05, 3.63) is 40.2 Å². The molecular weight excluding hydrogens is 294 g/mol. The summed E-state index contributed by atoms with van der Waals surface area (Å²) >= 11 is 1.45. The number of nitrogens with one attached hydrogen (secondary N) is 2. The van der Waals surface area contributed by atoms with Crippen LogP contribution in [-0.2, 0) is 16.6 Å². The maximum absolute atomic E-state index is 12.5. The summed E-state index contributed by atoms with van der Waals surface area (Å²) in [6.07, 6.45) is 1.55. The number of aromatic nitrogens is 1. The van der Waals surface area contributed by atoms with Gasteiger partial charge in [0, 0.05) is 17.6 Å². The van der Waals surface area contributed by atoms with Crippen molar-refractivity contribution in [1.29, 1.82) is 0 Å². The van der Waals surface area contributed by atoms with E-state index in [0.29, 0.717) is 17.3 Å². The Labute approximate surface area is 123 Å². The van der Waals surface area contributed by atoms with Gasteiger partial charge in [-0.2, -0.15) is 0 Å². The summed E-state index contributed by atoms with van der Waals surface area (Å²) < 4.78 is 27.5. The average Bonchev–Trinajstić information content (AvgIpc) is 2.79. The molecule has 0 spiro atoms. The fourth-order valence-electron chi connectivity index (χ4n) is 1.82. The second-order valence-electron chi connectivity index (χ2n) is 4.27. The minimum Gasteiger partial charge on any atom is -0.312 e. The Morgan fingerprint density at radius 2 is 2.15 bits per heavy atom. The van der Waals surface area contributed by atoms with Gasteiger partial charge in [-0.05, 0) is 36.5 Å². The molecule has 2 N–H and O–H groups in total. The number of aryl methyl sites for hydroxylation is 1. The molecule has 2 heterocycles. The minimum atomic E-state index is -3.60. The van der Waals surface area contributed by atoms with Gasteiger partial charge in [0.2, 0.25) is 0 Å². The highest BCUT2D eigenvalue weighted by molar-refractivity contribution is 7.93. The predicted molar refractivity (Wildman–Crippen MR) is 81.5 cm³/mol. The summed E-state index contributed by atoms with van der Waals surface area (Å²) in [6.45, 7) is 5.14. The van der Waals surface area contributed by atoms with Crippen molar-refractivity contribution in [3.63, 3.8) is 0 Å². The van der Waals surface area contributed by atoms with E-state index < -0.39 is 10.0 Å². The zero-order chi connectivity index (χ0) is 14.6. The maximum atomic E-state index is 12.5. The molecule has 2 rings (SSSR count). The molecular formula is C13H17N3O2S2. The van der Waals surface area contributed by atoms with Crippen molar-refractivity contribution in [2.45, 2.75) is 25.3 Å². The van der Waals surface area contributed by atoms with Gasteiger partial charge < -0.3 is 5.32 Å². The smallest absolute Gasteiger partial charge is 0.264 e. The van der Waals surface area contributed by atoms with Gasteiger partial charge in [-0.15, -0.1) is 11.3 Å². The quantitative estimate of drug-likeness (QED) is 0.859. The molecule has 0 saturated heterocycles. The number of nitrogens with zero attached hydrogens (tertiary/aromatic N) is 1. The second-order valence-corrected chi connectivity index (χ2v) is 6.86. The van der Waals surface area contributed by atoms with Crippen molar-refractivity contribution in [2.24, 2.45) is 0 Å². The second kappa shape index (κ2) is 6.34. The number of hydrogen-bond donors (Lipinski definition) is 2. The lowest BCUT2D eigenvalue weighted by atomic mass is 10.3. The van der Waals surface area contributed by atoms with Crippen LogP contribution < -0.4 is 10.0 Å². The molecule has 0 unspecified atom stereocenters. The first-order valence-corrected chi connectivity index (χ1v) is 8.62. The Morgan fingerprint density at radius 3 is 2.80 bits per heavy atom. The van der Waals surface area contributed by atoms with Crippen molar-refractivity contribution in [1.82, 2.24) is 10.3 Å². The van der Waals surface area contributed by atoms with Crippen molar-refractivity contribution >= 4 is 27.2 Å². The molecule has 0 aliphatic carbocycles. The molecule has 0 fully saturated rings. The number of thiophene rings is 1. The van der Waals surface area contributed by atoms with Crippen LogP contribution >= 0.6 is 11.3 Å². The molecule has 0 bridgehead atoms. The van der Waals surface area contributed by atoms with Gasteiger partial charge in [-0.1, -0.05) is 13.0 Å². The Bertz CT molecular complexity index is 666. The first-order chi connectivity index (χ1) is 9.54. The number of pyridine rings is 1. The Kier molecular flexibility index (Phi) is 4.74. The summed E-state index contributed by atoms with van der Waals surface area (Å²) in [5.74, 6) is 0.326. The van der Waals surface area contributed by atoms with Crippen molar-refractivity contribution < 1.29 is 8.42 Å². The summed E-state index contributed by atoms with van der Waals surface area (Å²) in [7, 11) is -3.60. The van der Waals surface area contributed by atoms with Crippen LogP contribution in [-0.4, -0.2) is 19.9 Å². The highest BCUT2D eigenvalue weighted by atomic mass is 32.2. The first kappa shape index (κ1) is 15.0. The van der Waals surface area contributed by atoms with Crippen LogP contribution in [0, 0.1) is 6.92 Å². The molecule has 5 nitrogen and oxygen atoms in total. The molecule has 2 aromatic heterocycles. The third kappa shape index (κ3) is 3.36. The lowest BCUT2D eigenvalue weighted by Gasteiger charge is -2.09. The molecule has 0 amide bonds. The van der Waals surface area contributed by atoms with Crippen LogP contribution in [0.25, 0.3) is 0 Å². The monoisotopic (exact) mass is 311 g/mol. The minimum absolute atomic E-state index is 0.326. The molecule has 2 aromatic rings. The molecule has 0 atom stereocenters. The van der Waals surface area contributed by atoms with E-state index in [-0.39, 0.29) is 0 Å². The van der Waals surface area contributed by atoms with E-state index in [1.165, 1.54) is 11.3 Å². The summed E-state index contributed by atoms with van der Waals surface area (Å²) in [6, 6.07) is 5.11. The Morgan fingerprint density at radius 1 is 1.35 bits per heavy atom. The fourth-order valence-corrected chi connectivity index (χ4v) is 4.61. The lowest BCUT2D eigenvalue weighted by Crippen LogP contribution is -2.18. The van der Waals surface area contributed by atoms with Crippen LogP contribution in [0.2, 0.25) is 0 Å². The fraction of sp³-hybridized carbons (Fsp3) is 0.308. The highest BCUT2D eigenvalue weighted by Gasteiger charge is 2.23. The van der Waals surface area contributed by atoms with E-state index in [1.807, 2.05) is 12.3 Å². The average molecular weight is 311 g/mol. The molecule has 7 heteroatoms. The van der Waals surface area contributed by atoms with Gasteiger partial charge in [0.25, 0.3) is 10.0 Å². The summed E-state index contributed by atoms with van der Waals surface area (Å²) in [5, 5.41) is 5.02. The van der Waals surface area contributed by atoms with Crippen molar-refractivity contribution in [2.75, 3.05) is 11.3 Å². The molecule has 0 aromatic carbocycles. The first-order valence-electron chi connectivity index (χ1n) is 6.26. The van der Waals surface area contributed by atoms with Crippen LogP contribution in [0.5, 0.6) is 0 Å². The van der Waals surface area contributed by atoms with Crippen LogP contribution in [0.3, 0.4) is 0 Å². The van der Waals surface area contributed by atoms with Crippen LogP contribution in [0.4, 0.5) is 5.82 Å².